The number of sulfone groups is 1. The molecular formula is C16H13F7N6O3S. The van der Waals surface area contributed by atoms with E-state index >= 15 is 0 Å². The van der Waals surface area contributed by atoms with Crippen LogP contribution in [0.1, 0.15) is 6.92 Å². The highest BCUT2D eigenvalue weighted by Crippen LogP contribution is 2.46. The van der Waals surface area contributed by atoms with E-state index in [1.165, 1.54) is 36.4 Å². The summed E-state index contributed by atoms with van der Waals surface area (Å²) in [6.07, 6.45) is -2.56. The molecule has 0 aromatic carbocycles. The quantitative estimate of drug-likeness (QED) is 0.437. The third kappa shape index (κ3) is 4.62. The van der Waals surface area contributed by atoms with E-state index in [9.17, 15) is 39.2 Å². The largest absolute Gasteiger partial charge is 0.484 e. The van der Waals surface area contributed by atoms with Gasteiger partial charge in [-0.05, 0) is 12.1 Å². The van der Waals surface area contributed by atoms with Crippen LogP contribution in [0.3, 0.4) is 0 Å². The maximum absolute atomic E-state index is 13.5. The first-order valence-corrected chi connectivity index (χ1v) is 10.4. The molecule has 9 nitrogen and oxygen atoms in total. The van der Waals surface area contributed by atoms with Crippen molar-refractivity contribution in [3.8, 4) is 17.4 Å². The third-order valence-corrected chi connectivity index (χ3v) is 5.95. The SMILES string of the molecule is CCS(=O)(=O)c1ccc(-n2cncn2)nc1-n1cc(OCC(F)(F)C(F)(F)C(F)(F)F)cn1. The molecule has 0 atom stereocenters. The second-order valence-corrected chi connectivity index (χ2v) is 8.67. The fraction of sp³-hybridized carbons (Fsp3) is 0.375. The Labute approximate surface area is 180 Å². The molecule has 3 aromatic heterocycles. The van der Waals surface area contributed by atoms with Crippen LogP contribution in [0, 0.1) is 0 Å². The Kier molecular flexibility index (Phi) is 6.12. The molecule has 0 saturated carbocycles. The summed E-state index contributed by atoms with van der Waals surface area (Å²) >= 11 is 0. The molecule has 3 aromatic rings. The molecule has 0 radical (unpaired) electrons. The van der Waals surface area contributed by atoms with Gasteiger partial charge in [0.05, 0.1) is 18.1 Å². The van der Waals surface area contributed by atoms with E-state index < -0.39 is 40.2 Å². The van der Waals surface area contributed by atoms with Crippen LogP contribution >= 0.6 is 0 Å². The molecule has 180 valence electrons. The first kappa shape index (κ1) is 24.4. The summed E-state index contributed by atoms with van der Waals surface area (Å²) in [5.74, 6) is -13.1. The first-order valence-electron chi connectivity index (χ1n) is 8.78. The third-order valence-electron chi connectivity index (χ3n) is 4.20. The molecule has 17 heteroatoms. The Morgan fingerprint density at radius 1 is 1.03 bits per heavy atom. The summed E-state index contributed by atoms with van der Waals surface area (Å²) in [5.41, 5.74) is 0. The van der Waals surface area contributed by atoms with Gasteiger partial charge < -0.3 is 4.74 Å². The lowest BCUT2D eigenvalue weighted by atomic mass is 10.2. The summed E-state index contributed by atoms with van der Waals surface area (Å²) in [6.45, 7) is -0.970. The smallest absolute Gasteiger partial charge is 0.460 e. The van der Waals surface area contributed by atoms with E-state index in [4.69, 9.17) is 0 Å². The van der Waals surface area contributed by atoms with Crippen molar-refractivity contribution < 1.29 is 43.9 Å². The summed E-state index contributed by atoms with van der Waals surface area (Å²) in [5, 5.41) is 7.52. The molecule has 0 aliphatic heterocycles. The lowest BCUT2D eigenvalue weighted by Crippen LogP contribution is -2.54. The van der Waals surface area contributed by atoms with E-state index in [1.54, 1.807) is 0 Å². The zero-order valence-corrected chi connectivity index (χ0v) is 17.2. The second-order valence-electron chi connectivity index (χ2n) is 6.42. The minimum atomic E-state index is -6.50. The molecule has 0 unspecified atom stereocenters. The van der Waals surface area contributed by atoms with Crippen LogP contribution in [0.5, 0.6) is 5.75 Å². The van der Waals surface area contributed by atoms with Crippen molar-refractivity contribution >= 4 is 9.84 Å². The Morgan fingerprint density at radius 3 is 2.30 bits per heavy atom. The van der Waals surface area contributed by atoms with Gasteiger partial charge in [-0.3, -0.25) is 0 Å². The van der Waals surface area contributed by atoms with Gasteiger partial charge in [0, 0.05) is 0 Å². The zero-order chi connectivity index (χ0) is 24.7. The van der Waals surface area contributed by atoms with E-state index in [0.29, 0.717) is 6.20 Å². The van der Waals surface area contributed by atoms with E-state index in [0.717, 1.165) is 10.9 Å². The standard InChI is InChI=1S/C16H13F7N6O3S/c1-2-33(30,31)11-3-4-12(29-9-24-8-26-29)27-13(11)28-6-10(5-25-28)32-7-14(17,18)15(19,20)16(21,22)23/h3-6,8-9H,2,7H2,1H3. The molecular weight excluding hydrogens is 489 g/mol. The number of aromatic nitrogens is 6. The van der Waals surface area contributed by atoms with Gasteiger partial charge >= 0.3 is 18.0 Å². The molecule has 0 amide bonds. The average molecular weight is 502 g/mol. The van der Waals surface area contributed by atoms with Crippen LogP contribution in [0.2, 0.25) is 0 Å². The van der Waals surface area contributed by atoms with Crippen LogP contribution in [0.15, 0.2) is 42.1 Å². The highest BCUT2D eigenvalue weighted by Gasteiger charge is 2.73. The van der Waals surface area contributed by atoms with Gasteiger partial charge in [0.2, 0.25) is 0 Å². The van der Waals surface area contributed by atoms with E-state index in [1.807, 2.05) is 0 Å². The lowest BCUT2D eigenvalue weighted by Gasteiger charge is -2.27. The van der Waals surface area contributed by atoms with Gasteiger partial charge in [-0.2, -0.15) is 40.9 Å². The molecule has 0 spiro atoms. The van der Waals surface area contributed by atoms with Crippen molar-refractivity contribution in [3.05, 3.63) is 37.2 Å². The number of halogens is 7. The van der Waals surface area contributed by atoms with Crippen molar-refractivity contribution in [2.75, 3.05) is 12.4 Å². The summed E-state index contributed by atoms with van der Waals surface area (Å²) in [4.78, 5) is 7.50. The number of ether oxygens (including phenoxy) is 1. The van der Waals surface area contributed by atoms with Crippen LogP contribution in [0.25, 0.3) is 11.6 Å². The predicted molar refractivity (Wildman–Crippen MR) is 95.4 cm³/mol. The van der Waals surface area contributed by atoms with E-state index in [2.05, 4.69) is 24.9 Å². The molecule has 0 aliphatic rings. The molecule has 0 bridgehead atoms. The topological polar surface area (TPSA) is 105 Å². The summed E-state index contributed by atoms with van der Waals surface area (Å²) in [7, 11) is -3.88. The maximum atomic E-state index is 13.5. The van der Waals surface area contributed by atoms with Crippen LogP contribution in [-0.4, -0.2) is 68.3 Å². The number of rotatable bonds is 8. The van der Waals surface area contributed by atoms with Gasteiger partial charge in [0.15, 0.2) is 33.8 Å². The Bertz CT molecular complexity index is 1230. The van der Waals surface area contributed by atoms with Gasteiger partial charge in [-0.1, -0.05) is 6.92 Å². The van der Waals surface area contributed by atoms with Crippen molar-refractivity contribution in [1.29, 1.82) is 0 Å². The van der Waals surface area contributed by atoms with Gasteiger partial charge in [-0.15, -0.1) is 0 Å². The van der Waals surface area contributed by atoms with Gasteiger partial charge in [0.25, 0.3) is 0 Å². The number of hydrogen-bond donors (Lipinski definition) is 0. The van der Waals surface area contributed by atoms with Crippen molar-refractivity contribution in [2.45, 2.75) is 29.8 Å². The highest BCUT2D eigenvalue weighted by atomic mass is 32.2. The first-order chi connectivity index (χ1) is 15.2. The summed E-state index contributed by atoms with van der Waals surface area (Å²) in [6, 6.07) is 2.49. The normalized spacial score (nSPS) is 13.3. The zero-order valence-electron chi connectivity index (χ0n) is 16.3. The highest BCUT2D eigenvalue weighted by molar-refractivity contribution is 7.91. The van der Waals surface area contributed by atoms with Crippen molar-refractivity contribution in [2.24, 2.45) is 0 Å². The fourth-order valence-corrected chi connectivity index (χ4v) is 3.41. The van der Waals surface area contributed by atoms with Crippen LogP contribution in [0.4, 0.5) is 30.7 Å². The molecule has 0 N–H and O–H groups in total. The minimum absolute atomic E-state index is 0.0897. The Morgan fingerprint density at radius 2 is 1.73 bits per heavy atom. The number of nitrogens with zero attached hydrogens (tertiary/aromatic N) is 6. The van der Waals surface area contributed by atoms with Gasteiger partial charge in [-0.25, -0.2) is 27.7 Å². The molecule has 33 heavy (non-hydrogen) atoms. The summed E-state index contributed by atoms with van der Waals surface area (Å²) < 4.78 is 121. The Hall–Kier alpha value is -3.24. The molecule has 0 fully saturated rings. The van der Waals surface area contributed by atoms with Crippen LogP contribution < -0.4 is 4.74 Å². The number of hydrogen-bond acceptors (Lipinski definition) is 7. The monoisotopic (exact) mass is 502 g/mol. The molecule has 0 saturated heterocycles. The molecule has 0 aliphatic carbocycles. The van der Waals surface area contributed by atoms with E-state index in [-0.39, 0.29) is 22.3 Å². The van der Waals surface area contributed by atoms with Crippen molar-refractivity contribution in [3.63, 3.8) is 0 Å². The Balaban J connectivity index is 1.94. The molecule has 3 heterocycles. The fourth-order valence-electron chi connectivity index (χ4n) is 2.41. The number of pyridine rings is 1. The number of alkyl halides is 7. The van der Waals surface area contributed by atoms with Gasteiger partial charge in [0.1, 0.15) is 17.6 Å². The van der Waals surface area contributed by atoms with Crippen molar-refractivity contribution in [1.82, 2.24) is 29.5 Å². The predicted octanol–water partition coefficient (Wildman–Crippen LogP) is 2.85. The van der Waals surface area contributed by atoms with Crippen LogP contribution in [-0.2, 0) is 9.84 Å². The maximum Gasteiger partial charge on any atom is 0.460 e. The minimum Gasteiger partial charge on any atom is -0.484 e. The lowest BCUT2D eigenvalue weighted by molar-refractivity contribution is -0.358. The average Bonchev–Trinajstić information content (AvgIpc) is 3.43. The second kappa shape index (κ2) is 8.27. The molecule has 3 rings (SSSR count).